The maximum absolute atomic E-state index is 12.3. The SMILES string of the molecule is CC1C(=O)NC(C)(C)C(=O)N1c1ccn(C)n1. The van der Waals surface area contributed by atoms with E-state index in [0.29, 0.717) is 5.82 Å². The lowest BCUT2D eigenvalue weighted by atomic mass is 9.97. The first kappa shape index (κ1) is 11.6. The van der Waals surface area contributed by atoms with Crippen LogP contribution in [0.1, 0.15) is 20.8 Å². The summed E-state index contributed by atoms with van der Waals surface area (Å²) < 4.78 is 1.61. The molecule has 0 radical (unpaired) electrons. The quantitative estimate of drug-likeness (QED) is 0.749. The average molecular weight is 236 g/mol. The highest BCUT2D eigenvalue weighted by atomic mass is 16.2. The third-order valence-corrected chi connectivity index (χ3v) is 2.90. The molecular weight excluding hydrogens is 220 g/mol. The van der Waals surface area contributed by atoms with Gasteiger partial charge in [0.15, 0.2) is 5.82 Å². The zero-order valence-corrected chi connectivity index (χ0v) is 10.4. The number of piperazine rings is 1. The largest absolute Gasteiger partial charge is 0.340 e. The van der Waals surface area contributed by atoms with Crippen LogP contribution >= 0.6 is 0 Å². The zero-order chi connectivity index (χ0) is 12.8. The first-order chi connectivity index (χ1) is 7.83. The van der Waals surface area contributed by atoms with Crippen LogP contribution in [0.15, 0.2) is 12.3 Å². The van der Waals surface area contributed by atoms with E-state index in [0.717, 1.165) is 0 Å². The molecule has 0 bridgehead atoms. The third-order valence-electron chi connectivity index (χ3n) is 2.90. The summed E-state index contributed by atoms with van der Waals surface area (Å²) in [5.41, 5.74) is -0.888. The van der Waals surface area contributed by atoms with E-state index in [2.05, 4.69) is 10.4 Å². The summed E-state index contributed by atoms with van der Waals surface area (Å²) in [7, 11) is 1.77. The van der Waals surface area contributed by atoms with Crippen molar-refractivity contribution in [2.24, 2.45) is 7.05 Å². The van der Waals surface area contributed by atoms with Crippen molar-refractivity contribution in [3.05, 3.63) is 12.3 Å². The molecule has 1 saturated heterocycles. The minimum absolute atomic E-state index is 0.150. The number of hydrogen-bond donors (Lipinski definition) is 1. The summed E-state index contributed by atoms with van der Waals surface area (Å²) in [6.07, 6.45) is 1.74. The van der Waals surface area contributed by atoms with Crippen LogP contribution in [0, 0.1) is 0 Å². The van der Waals surface area contributed by atoms with Crippen LogP contribution < -0.4 is 10.2 Å². The van der Waals surface area contributed by atoms with Crippen LogP contribution in [0.3, 0.4) is 0 Å². The van der Waals surface area contributed by atoms with Gasteiger partial charge in [-0.05, 0) is 20.8 Å². The molecule has 1 unspecified atom stereocenters. The monoisotopic (exact) mass is 236 g/mol. The molecule has 2 heterocycles. The van der Waals surface area contributed by atoms with E-state index in [1.807, 2.05) is 0 Å². The minimum atomic E-state index is -0.888. The number of anilines is 1. The van der Waals surface area contributed by atoms with E-state index in [9.17, 15) is 9.59 Å². The summed E-state index contributed by atoms with van der Waals surface area (Å²) in [5.74, 6) is 0.191. The normalized spacial score (nSPS) is 23.8. The van der Waals surface area contributed by atoms with Gasteiger partial charge in [0.2, 0.25) is 5.91 Å². The highest BCUT2D eigenvalue weighted by molar-refractivity contribution is 6.09. The Labute approximate surface area is 99.6 Å². The Balaban J connectivity index is 2.43. The van der Waals surface area contributed by atoms with Gasteiger partial charge in [-0.3, -0.25) is 19.2 Å². The number of aromatic nitrogens is 2. The molecule has 2 rings (SSSR count). The number of rotatable bonds is 1. The highest BCUT2D eigenvalue weighted by Crippen LogP contribution is 2.23. The Morgan fingerprint density at radius 3 is 2.59 bits per heavy atom. The molecule has 1 atom stereocenters. The van der Waals surface area contributed by atoms with E-state index in [-0.39, 0.29) is 11.8 Å². The second-order valence-electron chi connectivity index (χ2n) is 4.81. The fourth-order valence-corrected chi connectivity index (χ4v) is 1.89. The van der Waals surface area contributed by atoms with E-state index >= 15 is 0 Å². The summed E-state index contributed by atoms with van der Waals surface area (Å²) in [4.78, 5) is 25.5. The summed E-state index contributed by atoms with van der Waals surface area (Å²) in [6.45, 7) is 5.07. The van der Waals surface area contributed by atoms with Crippen molar-refractivity contribution in [2.45, 2.75) is 32.4 Å². The molecular formula is C11H16N4O2. The molecule has 0 aliphatic carbocycles. The minimum Gasteiger partial charge on any atom is -0.340 e. The van der Waals surface area contributed by atoms with Gasteiger partial charge in [-0.1, -0.05) is 0 Å². The lowest BCUT2D eigenvalue weighted by molar-refractivity contribution is -0.136. The van der Waals surface area contributed by atoms with Gasteiger partial charge >= 0.3 is 0 Å². The maximum atomic E-state index is 12.3. The molecule has 0 saturated carbocycles. The lowest BCUT2D eigenvalue weighted by Gasteiger charge is -2.40. The fourth-order valence-electron chi connectivity index (χ4n) is 1.89. The molecule has 6 nitrogen and oxygen atoms in total. The van der Waals surface area contributed by atoms with Crippen molar-refractivity contribution in [3.8, 4) is 0 Å². The molecule has 1 fully saturated rings. The van der Waals surface area contributed by atoms with Gasteiger partial charge in [0.25, 0.3) is 5.91 Å². The number of amides is 2. The highest BCUT2D eigenvalue weighted by Gasteiger charge is 2.44. The van der Waals surface area contributed by atoms with Crippen molar-refractivity contribution in [1.29, 1.82) is 0 Å². The van der Waals surface area contributed by atoms with Crippen molar-refractivity contribution < 1.29 is 9.59 Å². The second kappa shape index (κ2) is 3.58. The smallest absolute Gasteiger partial charge is 0.254 e. The Bertz CT molecular complexity index is 478. The molecule has 1 aliphatic heterocycles. The Kier molecular flexibility index (Phi) is 2.45. The molecule has 1 N–H and O–H groups in total. The molecule has 1 aromatic rings. The average Bonchev–Trinajstić information content (AvgIpc) is 2.62. The molecule has 1 aromatic heterocycles. The first-order valence-electron chi connectivity index (χ1n) is 5.48. The van der Waals surface area contributed by atoms with Gasteiger partial charge in [-0.2, -0.15) is 5.10 Å². The predicted molar refractivity (Wildman–Crippen MR) is 62.4 cm³/mol. The van der Waals surface area contributed by atoms with Gasteiger partial charge in [0.05, 0.1) is 0 Å². The standard InChI is InChI=1S/C11H16N4O2/c1-7-9(16)12-11(2,3)10(17)15(7)8-5-6-14(4)13-8/h5-7H,1-4H3,(H,12,16). The fraction of sp³-hybridized carbons (Fsp3) is 0.545. The lowest BCUT2D eigenvalue weighted by Crippen LogP contribution is -2.67. The molecule has 2 amide bonds. The van der Waals surface area contributed by atoms with Crippen LogP contribution in [-0.4, -0.2) is 33.2 Å². The number of carbonyl (C=O) groups excluding carboxylic acids is 2. The van der Waals surface area contributed by atoms with Crippen molar-refractivity contribution >= 4 is 17.6 Å². The Hall–Kier alpha value is -1.85. The van der Waals surface area contributed by atoms with Gasteiger partial charge in [0, 0.05) is 19.3 Å². The van der Waals surface area contributed by atoms with Crippen LogP contribution in [0.2, 0.25) is 0 Å². The Morgan fingerprint density at radius 2 is 2.06 bits per heavy atom. The first-order valence-corrected chi connectivity index (χ1v) is 5.48. The van der Waals surface area contributed by atoms with Crippen LogP contribution in [0.4, 0.5) is 5.82 Å². The van der Waals surface area contributed by atoms with E-state index in [4.69, 9.17) is 0 Å². The zero-order valence-electron chi connectivity index (χ0n) is 10.4. The molecule has 1 aliphatic rings. The van der Waals surface area contributed by atoms with E-state index in [1.165, 1.54) is 4.90 Å². The topological polar surface area (TPSA) is 67.2 Å². The van der Waals surface area contributed by atoms with E-state index in [1.54, 1.807) is 44.8 Å². The van der Waals surface area contributed by atoms with Gasteiger partial charge in [-0.15, -0.1) is 0 Å². The molecule has 0 aromatic carbocycles. The summed E-state index contributed by atoms with van der Waals surface area (Å²) in [6, 6.07) is 1.19. The molecule has 17 heavy (non-hydrogen) atoms. The van der Waals surface area contributed by atoms with Gasteiger partial charge in [-0.25, -0.2) is 0 Å². The molecule has 92 valence electrons. The van der Waals surface area contributed by atoms with Crippen LogP contribution in [0.25, 0.3) is 0 Å². The molecule has 6 heteroatoms. The second-order valence-corrected chi connectivity index (χ2v) is 4.81. The summed E-state index contributed by atoms with van der Waals surface area (Å²) >= 11 is 0. The number of nitrogens with zero attached hydrogens (tertiary/aromatic N) is 3. The third kappa shape index (κ3) is 1.79. The van der Waals surface area contributed by atoms with E-state index < -0.39 is 11.6 Å². The van der Waals surface area contributed by atoms with Crippen molar-refractivity contribution in [3.63, 3.8) is 0 Å². The van der Waals surface area contributed by atoms with Gasteiger partial charge < -0.3 is 5.32 Å². The van der Waals surface area contributed by atoms with Crippen molar-refractivity contribution in [2.75, 3.05) is 4.90 Å². The molecule has 0 spiro atoms. The van der Waals surface area contributed by atoms with Crippen LogP contribution in [-0.2, 0) is 16.6 Å². The number of nitrogens with one attached hydrogen (secondary N) is 1. The number of hydrogen-bond acceptors (Lipinski definition) is 3. The van der Waals surface area contributed by atoms with Crippen LogP contribution in [0.5, 0.6) is 0 Å². The number of carbonyl (C=O) groups is 2. The summed E-state index contributed by atoms with van der Waals surface area (Å²) in [5, 5.41) is 6.87. The van der Waals surface area contributed by atoms with Crippen molar-refractivity contribution in [1.82, 2.24) is 15.1 Å². The maximum Gasteiger partial charge on any atom is 0.254 e. The Morgan fingerprint density at radius 1 is 1.41 bits per heavy atom. The van der Waals surface area contributed by atoms with Gasteiger partial charge in [0.1, 0.15) is 11.6 Å². The number of aryl methyl sites for hydroxylation is 1. The predicted octanol–water partition coefficient (Wildman–Crippen LogP) is 0.0500.